The van der Waals surface area contributed by atoms with Gasteiger partial charge >= 0.3 is 0 Å². The van der Waals surface area contributed by atoms with Gasteiger partial charge in [-0.05, 0) is 62.8 Å². The summed E-state index contributed by atoms with van der Waals surface area (Å²) in [5, 5.41) is 0. The first-order valence-electron chi connectivity index (χ1n) is 14.3. The van der Waals surface area contributed by atoms with Crippen LogP contribution in [0.4, 0.5) is 0 Å². The predicted molar refractivity (Wildman–Crippen MR) is 151 cm³/mol. The number of benzene rings is 2. The fraction of sp³-hybridized carbons (Fsp3) is 0.516. The molecular formula is C31H40N4O4. The van der Waals surface area contributed by atoms with Gasteiger partial charge in [0.1, 0.15) is 24.7 Å². The second-order valence-electron chi connectivity index (χ2n) is 10.7. The quantitative estimate of drug-likeness (QED) is 0.488. The maximum atomic E-state index is 14.2. The van der Waals surface area contributed by atoms with Crippen LogP contribution < -0.4 is 4.74 Å². The van der Waals surface area contributed by atoms with Crippen LogP contribution in [0, 0.1) is 6.92 Å². The van der Waals surface area contributed by atoms with Crippen molar-refractivity contribution in [3.8, 4) is 5.75 Å². The van der Waals surface area contributed by atoms with E-state index in [2.05, 4.69) is 18.0 Å². The fourth-order valence-corrected chi connectivity index (χ4v) is 5.81. The maximum absolute atomic E-state index is 14.2. The van der Waals surface area contributed by atoms with Crippen molar-refractivity contribution in [1.29, 1.82) is 0 Å². The van der Waals surface area contributed by atoms with Crippen molar-refractivity contribution in [3.05, 3.63) is 59.9 Å². The molecule has 1 atom stereocenters. The molecule has 1 unspecified atom stereocenters. The van der Waals surface area contributed by atoms with E-state index >= 15 is 0 Å². The molecule has 0 N–H and O–H groups in total. The number of ether oxygens (including phenoxy) is 2. The lowest BCUT2D eigenvalue weighted by Crippen LogP contribution is -2.62. The number of carbonyl (C=O) groups excluding carboxylic acids is 2. The number of fused-ring (bicyclic) bond motifs is 2. The Morgan fingerprint density at radius 3 is 2.74 bits per heavy atom. The van der Waals surface area contributed by atoms with Gasteiger partial charge in [-0.1, -0.05) is 43.7 Å². The Balaban J connectivity index is 1.37. The zero-order chi connectivity index (χ0) is 27.2. The standard InChI is InChI=1S/C31H40N4O4/c1-3-4-17-33-18-20-38-28-15-8-5-11-25(28)12-9-10-16-31(30(33)37)23-34(19-21-39-31)29(36)22-35-24(2)32-26-13-6-7-14-27(26)35/h5-8,11,13-15H,3-4,9-10,12,16-23H2,1-2H3. The van der Waals surface area contributed by atoms with Gasteiger partial charge < -0.3 is 23.8 Å². The van der Waals surface area contributed by atoms with Gasteiger partial charge in [0.25, 0.3) is 5.91 Å². The first-order valence-corrected chi connectivity index (χ1v) is 14.3. The largest absolute Gasteiger partial charge is 0.491 e. The van der Waals surface area contributed by atoms with Gasteiger partial charge in [-0.2, -0.15) is 0 Å². The summed E-state index contributed by atoms with van der Waals surface area (Å²) < 4.78 is 14.5. The third-order valence-corrected chi connectivity index (χ3v) is 8.00. The molecule has 1 aromatic heterocycles. The lowest BCUT2D eigenvalue weighted by Gasteiger charge is -2.44. The SMILES string of the molecule is CCCCN1CCOc2ccccc2CCCCC2(CN(C(=O)Cn3c(C)nc4ccccc43)CCO2)C1=O. The summed E-state index contributed by atoms with van der Waals surface area (Å²) in [5.41, 5.74) is 1.99. The molecule has 208 valence electrons. The zero-order valence-corrected chi connectivity index (χ0v) is 23.2. The van der Waals surface area contributed by atoms with Gasteiger partial charge in [-0.3, -0.25) is 9.59 Å². The minimum absolute atomic E-state index is 0.0137. The maximum Gasteiger partial charge on any atom is 0.256 e. The molecule has 8 heteroatoms. The van der Waals surface area contributed by atoms with Crippen LogP contribution in [-0.2, 0) is 27.3 Å². The van der Waals surface area contributed by atoms with E-state index < -0.39 is 5.60 Å². The minimum Gasteiger partial charge on any atom is -0.491 e. The Morgan fingerprint density at radius 2 is 1.87 bits per heavy atom. The summed E-state index contributed by atoms with van der Waals surface area (Å²) in [5.74, 6) is 1.68. The van der Waals surface area contributed by atoms with Crippen molar-refractivity contribution >= 4 is 22.8 Å². The van der Waals surface area contributed by atoms with Gasteiger partial charge in [-0.15, -0.1) is 0 Å². The van der Waals surface area contributed by atoms with E-state index in [9.17, 15) is 9.59 Å². The van der Waals surface area contributed by atoms with Crippen LogP contribution >= 0.6 is 0 Å². The van der Waals surface area contributed by atoms with Gasteiger partial charge in [-0.25, -0.2) is 4.98 Å². The van der Waals surface area contributed by atoms with Crippen molar-refractivity contribution in [2.75, 3.05) is 39.4 Å². The fourth-order valence-electron chi connectivity index (χ4n) is 5.81. The number of hydrogen-bond donors (Lipinski definition) is 0. The number of aryl methyl sites for hydroxylation is 2. The molecule has 1 saturated heterocycles. The van der Waals surface area contributed by atoms with E-state index in [0.29, 0.717) is 39.3 Å². The van der Waals surface area contributed by atoms with Crippen LogP contribution in [0.5, 0.6) is 5.75 Å². The van der Waals surface area contributed by atoms with Crippen LogP contribution in [-0.4, -0.2) is 76.2 Å². The molecule has 0 saturated carbocycles. The number of carbonyl (C=O) groups is 2. The molecule has 0 radical (unpaired) electrons. The molecule has 39 heavy (non-hydrogen) atoms. The summed E-state index contributed by atoms with van der Waals surface area (Å²) in [6, 6.07) is 16.0. The van der Waals surface area contributed by atoms with Crippen LogP contribution in [0.1, 0.15) is 50.4 Å². The summed E-state index contributed by atoms with van der Waals surface area (Å²) in [7, 11) is 0. The zero-order valence-electron chi connectivity index (χ0n) is 23.2. The van der Waals surface area contributed by atoms with Gasteiger partial charge in [0.15, 0.2) is 5.60 Å². The second-order valence-corrected chi connectivity index (χ2v) is 10.7. The molecule has 2 amide bonds. The summed E-state index contributed by atoms with van der Waals surface area (Å²) in [6.45, 7) is 6.92. The van der Waals surface area contributed by atoms with Gasteiger partial charge in [0, 0.05) is 13.1 Å². The monoisotopic (exact) mass is 532 g/mol. The molecule has 2 aliphatic rings. The molecule has 2 aliphatic heterocycles. The minimum atomic E-state index is -1.04. The van der Waals surface area contributed by atoms with Crippen molar-refractivity contribution in [2.24, 2.45) is 0 Å². The Bertz CT molecular complexity index is 1300. The molecule has 3 aromatic rings. The van der Waals surface area contributed by atoms with E-state index in [4.69, 9.17) is 9.47 Å². The summed E-state index contributed by atoms with van der Waals surface area (Å²) in [4.78, 5) is 36.2. The second kappa shape index (κ2) is 12.2. The normalized spacial score (nSPS) is 20.8. The Kier molecular flexibility index (Phi) is 8.50. The Labute approximate surface area is 230 Å². The van der Waals surface area contributed by atoms with Crippen LogP contribution in [0.25, 0.3) is 11.0 Å². The molecule has 0 bridgehead atoms. The number of morpholine rings is 1. The van der Waals surface area contributed by atoms with Crippen LogP contribution in [0.15, 0.2) is 48.5 Å². The van der Waals surface area contributed by atoms with Gasteiger partial charge in [0.05, 0.1) is 30.7 Å². The molecule has 0 aliphatic carbocycles. The number of hydrogen-bond acceptors (Lipinski definition) is 5. The van der Waals surface area contributed by atoms with Crippen LogP contribution in [0.3, 0.4) is 0 Å². The topological polar surface area (TPSA) is 76.9 Å². The Morgan fingerprint density at radius 1 is 1.05 bits per heavy atom. The third kappa shape index (κ3) is 5.96. The highest BCUT2D eigenvalue weighted by Gasteiger charge is 2.46. The number of amides is 2. The van der Waals surface area contributed by atoms with Crippen molar-refractivity contribution in [2.45, 2.75) is 64.5 Å². The first kappa shape index (κ1) is 27.2. The predicted octanol–water partition coefficient (Wildman–Crippen LogP) is 4.38. The van der Waals surface area contributed by atoms with Gasteiger partial charge in [0.2, 0.25) is 5.91 Å². The smallest absolute Gasteiger partial charge is 0.256 e. The first-order chi connectivity index (χ1) is 19.0. The highest BCUT2D eigenvalue weighted by molar-refractivity contribution is 5.87. The number of unbranched alkanes of at least 4 members (excludes halogenated alkanes) is 1. The average Bonchev–Trinajstić information content (AvgIpc) is 3.27. The third-order valence-electron chi connectivity index (χ3n) is 8.00. The molecule has 8 nitrogen and oxygen atoms in total. The molecule has 2 aromatic carbocycles. The van der Waals surface area contributed by atoms with E-state index in [1.165, 1.54) is 5.56 Å². The number of aromatic nitrogens is 2. The number of rotatable bonds is 5. The van der Waals surface area contributed by atoms with E-state index in [-0.39, 0.29) is 24.9 Å². The lowest BCUT2D eigenvalue weighted by atomic mass is 9.90. The molecule has 5 rings (SSSR count). The molecule has 1 fully saturated rings. The molecule has 1 spiro atoms. The van der Waals surface area contributed by atoms with Crippen molar-refractivity contribution in [3.63, 3.8) is 0 Å². The average molecular weight is 533 g/mol. The number of imidazole rings is 1. The molecular weight excluding hydrogens is 492 g/mol. The van der Waals surface area contributed by atoms with E-state index in [1.807, 2.05) is 63.8 Å². The number of nitrogens with zero attached hydrogens (tertiary/aromatic N) is 4. The molecule has 3 heterocycles. The van der Waals surface area contributed by atoms with E-state index in [1.54, 1.807) is 0 Å². The van der Waals surface area contributed by atoms with Crippen molar-refractivity contribution in [1.82, 2.24) is 19.4 Å². The van der Waals surface area contributed by atoms with Crippen LogP contribution in [0.2, 0.25) is 0 Å². The highest BCUT2D eigenvalue weighted by Crippen LogP contribution is 2.30. The van der Waals surface area contributed by atoms with E-state index in [0.717, 1.165) is 54.7 Å². The summed E-state index contributed by atoms with van der Waals surface area (Å²) >= 11 is 0. The number of para-hydroxylation sites is 3. The highest BCUT2D eigenvalue weighted by atomic mass is 16.5. The Hall–Kier alpha value is -3.39. The summed E-state index contributed by atoms with van der Waals surface area (Å²) in [6.07, 6.45) is 5.12. The van der Waals surface area contributed by atoms with Crippen molar-refractivity contribution < 1.29 is 19.1 Å². The lowest BCUT2D eigenvalue weighted by molar-refractivity contribution is -0.177.